The molecule has 0 saturated heterocycles. The van der Waals surface area contributed by atoms with Crippen LogP contribution < -0.4 is 0 Å². The topological polar surface area (TPSA) is 0 Å². The monoisotopic (exact) mass is 242 g/mol. The highest BCUT2D eigenvalue weighted by molar-refractivity contribution is 7.80. The van der Waals surface area contributed by atoms with Gasteiger partial charge in [0.15, 0.2) is 0 Å². The van der Waals surface area contributed by atoms with E-state index in [1.54, 1.807) is 0 Å². The first kappa shape index (κ1) is 10.3. The molecule has 0 bridgehead atoms. The molecule has 3 heteroatoms. The minimum Gasteiger partial charge on any atom is -0.143 e. The summed E-state index contributed by atoms with van der Waals surface area (Å²) in [6.45, 7) is 2.17. The molecule has 0 saturated carbocycles. The van der Waals surface area contributed by atoms with Crippen LogP contribution in [0.25, 0.3) is 10.1 Å². The predicted molar refractivity (Wildman–Crippen MR) is 68.0 cm³/mol. The lowest BCUT2D eigenvalue weighted by atomic mass is 10.2. The zero-order chi connectivity index (χ0) is 10.1. The van der Waals surface area contributed by atoms with E-state index in [-0.39, 0.29) is 0 Å². The SMILES string of the molecule is CCc1cc2c(S)cc(CCl)cc2s1. The maximum Gasteiger partial charge on any atom is 0.0474 e. The Labute approximate surface area is 98.3 Å². The lowest BCUT2D eigenvalue weighted by Gasteiger charge is -1.98. The molecule has 0 N–H and O–H groups in total. The molecule has 1 aromatic carbocycles. The Kier molecular flexibility index (Phi) is 3.05. The van der Waals surface area contributed by atoms with Gasteiger partial charge in [0, 0.05) is 25.7 Å². The third-order valence-electron chi connectivity index (χ3n) is 2.23. The molecule has 0 aliphatic carbocycles. The standard InChI is InChI=1S/C11H11ClS2/c1-2-8-5-9-10(13)3-7(6-12)4-11(9)14-8/h3-5,13H,2,6H2,1H3. The smallest absolute Gasteiger partial charge is 0.0474 e. The lowest BCUT2D eigenvalue weighted by molar-refractivity contribution is 1.19. The number of fused-ring (bicyclic) bond motifs is 1. The Morgan fingerprint density at radius 1 is 1.36 bits per heavy atom. The Balaban J connectivity index is 2.67. The molecule has 0 unspecified atom stereocenters. The minimum atomic E-state index is 0.558. The van der Waals surface area contributed by atoms with Crippen molar-refractivity contribution in [2.75, 3.05) is 0 Å². The first-order valence-electron chi connectivity index (χ1n) is 4.55. The number of thiophene rings is 1. The van der Waals surface area contributed by atoms with Gasteiger partial charge < -0.3 is 0 Å². The van der Waals surface area contributed by atoms with E-state index in [9.17, 15) is 0 Å². The van der Waals surface area contributed by atoms with Gasteiger partial charge in [-0.05, 0) is 30.2 Å². The molecular formula is C11H11ClS2. The molecule has 74 valence electrons. The second-order valence-electron chi connectivity index (χ2n) is 3.23. The van der Waals surface area contributed by atoms with Crippen molar-refractivity contribution in [2.24, 2.45) is 0 Å². The van der Waals surface area contributed by atoms with Crippen LogP contribution >= 0.6 is 35.6 Å². The molecule has 0 aliphatic rings. The summed E-state index contributed by atoms with van der Waals surface area (Å²) in [6, 6.07) is 6.43. The van der Waals surface area contributed by atoms with Gasteiger partial charge in [0.1, 0.15) is 0 Å². The first-order valence-corrected chi connectivity index (χ1v) is 6.34. The molecule has 0 radical (unpaired) electrons. The first-order chi connectivity index (χ1) is 6.74. The van der Waals surface area contributed by atoms with Crippen molar-refractivity contribution >= 4 is 45.7 Å². The number of aryl methyl sites for hydroxylation is 1. The number of alkyl halides is 1. The molecule has 14 heavy (non-hydrogen) atoms. The van der Waals surface area contributed by atoms with Gasteiger partial charge in [-0.2, -0.15) is 0 Å². The Morgan fingerprint density at radius 2 is 2.14 bits per heavy atom. The highest BCUT2D eigenvalue weighted by atomic mass is 35.5. The second kappa shape index (κ2) is 4.13. The summed E-state index contributed by atoms with van der Waals surface area (Å²) >= 11 is 12.1. The van der Waals surface area contributed by atoms with Crippen LogP contribution in [0.4, 0.5) is 0 Å². The summed E-state index contributed by atoms with van der Waals surface area (Å²) in [4.78, 5) is 2.44. The van der Waals surface area contributed by atoms with E-state index >= 15 is 0 Å². The van der Waals surface area contributed by atoms with Crippen molar-refractivity contribution in [3.8, 4) is 0 Å². The quantitative estimate of drug-likeness (QED) is 0.582. The Morgan fingerprint density at radius 3 is 2.79 bits per heavy atom. The van der Waals surface area contributed by atoms with E-state index in [0.717, 1.165) is 16.9 Å². The molecule has 2 rings (SSSR count). The molecule has 0 aliphatic heterocycles. The molecule has 1 aromatic heterocycles. The number of hydrogen-bond donors (Lipinski definition) is 1. The fourth-order valence-electron chi connectivity index (χ4n) is 1.48. The van der Waals surface area contributed by atoms with Gasteiger partial charge in [0.05, 0.1) is 0 Å². The average Bonchev–Trinajstić information content (AvgIpc) is 2.61. The van der Waals surface area contributed by atoms with Crippen LogP contribution in [0.1, 0.15) is 17.4 Å². The van der Waals surface area contributed by atoms with Gasteiger partial charge >= 0.3 is 0 Å². The van der Waals surface area contributed by atoms with Crippen LogP contribution in [0.15, 0.2) is 23.1 Å². The van der Waals surface area contributed by atoms with E-state index in [4.69, 9.17) is 11.6 Å². The lowest BCUT2D eigenvalue weighted by Crippen LogP contribution is -1.77. The minimum absolute atomic E-state index is 0.558. The predicted octanol–water partition coefficient (Wildman–Crippen LogP) is 4.49. The van der Waals surface area contributed by atoms with Gasteiger partial charge in [-0.15, -0.1) is 35.6 Å². The third-order valence-corrected chi connectivity index (χ3v) is 4.13. The Bertz CT molecular complexity index is 460. The second-order valence-corrected chi connectivity index (χ2v) is 5.14. The van der Waals surface area contributed by atoms with Gasteiger partial charge in [-0.1, -0.05) is 6.92 Å². The van der Waals surface area contributed by atoms with Crippen LogP contribution in [0.5, 0.6) is 0 Å². The number of hydrogen-bond acceptors (Lipinski definition) is 2. The van der Waals surface area contributed by atoms with Gasteiger partial charge in [0.2, 0.25) is 0 Å². The summed E-state index contributed by atoms with van der Waals surface area (Å²) in [7, 11) is 0. The van der Waals surface area contributed by atoms with Crippen molar-refractivity contribution in [2.45, 2.75) is 24.1 Å². The molecule has 0 nitrogen and oxygen atoms in total. The number of thiol groups is 1. The highest BCUT2D eigenvalue weighted by Gasteiger charge is 2.05. The van der Waals surface area contributed by atoms with Crippen LogP contribution in [-0.2, 0) is 12.3 Å². The molecule has 1 heterocycles. The molecule has 2 aromatic rings. The summed E-state index contributed by atoms with van der Waals surface area (Å²) in [5.41, 5.74) is 1.15. The zero-order valence-electron chi connectivity index (χ0n) is 7.88. The van der Waals surface area contributed by atoms with E-state index < -0.39 is 0 Å². The van der Waals surface area contributed by atoms with Crippen LogP contribution in [0.2, 0.25) is 0 Å². The van der Waals surface area contributed by atoms with E-state index in [1.165, 1.54) is 15.0 Å². The van der Waals surface area contributed by atoms with Gasteiger partial charge in [-0.3, -0.25) is 0 Å². The van der Waals surface area contributed by atoms with Gasteiger partial charge in [-0.25, -0.2) is 0 Å². The fourth-order valence-corrected chi connectivity index (χ4v) is 3.15. The van der Waals surface area contributed by atoms with Crippen LogP contribution in [-0.4, -0.2) is 0 Å². The highest BCUT2D eigenvalue weighted by Crippen LogP contribution is 2.32. The van der Waals surface area contributed by atoms with Crippen molar-refractivity contribution in [3.63, 3.8) is 0 Å². The molecule has 0 atom stereocenters. The number of benzene rings is 1. The van der Waals surface area contributed by atoms with Crippen molar-refractivity contribution in [1.29, 1.82) is 0 Å². The molecule has 0 fully saturated rings. The molecule has 0 amide bonds. The van der Waals surface area contributed by atoms with Crippen molar-refractivity contribution in [3.05, 3.63) is 28.6 Å². The maximum absolute atomic E-state index is 5.81. The Hall–Kier alpha value is -0.180. The van der Waals surface area contributed by atoms with Crippen molar-refractivity contribution in [1.82, 2.24) is 0 Å². The maximum atomic E-state index is 5.81. The molecular weight excluding hydrogens is 232 g/mol. The fraction of sp³-hybridized carbons (Fsp3) is 0.273. The van der Waals surface area contributed by atoms with Crippen molar-refractivity contribution < 1.29 is 0 Å². The normalized spacial score (nSPS) is 11.1. The van der Waals surface area contributed by atoms with E-state index in [1.807, 2.05) is 17.4 Å². The van der Waals surface area contributed by atoms with Crippen LogP contribution in [0, 0.1) is 0 Å². The number of rotatable bonds is 2. The summed E-state index contributed by atoms with van der Waals surface area (Å²) in [6.07, 6.45) is 1.09. The van der Waals surface area contributed by atoms with E-state index in [2.05, 4.69) is 31.7 Å². The third kappa shape index (κ3) is 1.79. The molecule has 0 spiro atoms. The summed E-state index contributed by atoms with van der Waals surface area (Å²) in [5, 5.41) is 1.25. The largest absolute Gasteiger partial charge is 0.143 e. The summed E-state index contributed by atoms with van der Waals surface area (Å²) in [5.74, 6) is 0.558. The van der Waals surface area contributed by atoms with Crippen LogP contribution in [0.3, 0.4) is 0 Å². The number of halogens is 1. The average molecular weight is 243 g/mol. The van der Waals surface area contributed by atoms with Gasteiger partial charge in [0.25, 0.3) is 0 Å². The zero-order valence-corrected chi connectivity index (χ0v) is 10.3. The summed E-state index contributed by atoms with van der Waals surface area (Å²) < 4.78 is 1.30. The van der Waals surface area contributed by atoms with E-state index in [0.29, 0.717) is 5.88 Å².